The maximum Gasteiger partial charge on any atom is 0.443 e. The molecule has 0 bridgehead atoms. The van der Waals surface area contributed by atoms with Gasteiger partial charge in [-0.1, -0.05) is 0 Å². The van der Waals surface area contributed by atoms with Crippen LogP contribution in [0.3, 0.4) is 0 Å². The molecule has 0 spiro atoms. The molecule has 6 nitrogen and oxygen atoms in total. The van der Waals surface area contributed by atoms with Crippen LogP contribution in [0.15, 0.2) is 18.3 Å². The van der Waals surface area contributed by atoms with Gasteiger partial charge in [0.1, 0.15) is 5.82 Å². The van der Waals surface area contributed by atoms with Crippen LogP contribution < -0.4 is 5.32 Å². The lowest BCUT2D eigenvalue weighted by Gasteiger charge is -2.03. The van der Waals surface area contributed by atoms with Crippen molar-refractivity contribution in [1.82, 2.24) is 9.97 Å². The summed E-state index contributed by atoms with van der Waals surface area (Å²) in [4.78, 5) is 17.4. The number of alkyl halides is 3. The first-order valence-corrected chi connectivity index (χ1v) is 6.01. The standard InChI is InChI=1S/C10H7F3N4O2S/c1-14-7-3-2-5(17(18)19)8(16-7)6-4-15-9(20-6)10(11,12)13/h2-4H,1H3,(H,14,16). The van der Waals surface area contributed by atoms with Crippen molar-refractivity contribution in [2.45, 2.75) is 6.18 Å². The number of halogens is 3. The second kappa shape index (κ2) is 5.04. The lowest BCUT2D eigenvalue weighted by Crippen LogP contribution is -2.02. The van der Waals surface area contributed by atoms with Crippen molar-refractivity contribution >= 4 is 22.8 Å². The molecule has 0 saturated heterocycles. The van der Waals surface area contributed by atoms with Crippen LogP contribution >= 0.6 is 11.3 Å². The monoisotopic (exact) mass is 304 g/mol. The van der Waals surface area contributed by atoms with Gasteiger partial charge in [0.15, 0.2) is 10.7 Å². The van der Waals surface area contributed by atoms with Gasteiger partial charge in [-0.15, -0.1) is 11.3 Å². The van der Waals surface area contributed by atoms with Gasteiger partial charge in [-0.3, -0.25) is 10.1 Å². The van der Waals surface area contributed by atoms with Crippen LogP contribution in [0, 0.1) is 10.1 Å². The average Bonchev–Trinajstić information content (AvgIpc) is 2.87. The number of nitrogens with one attached hydrogen (secondary N) is 1. The zero-order valence-corrected chi connectivity index (χ0v) is 10.7. The molecule has 0 unspecified atom stereocenters. The number of pyridine rings is 1. The molecule has 0 aliphatic carbocycles. The van der Waals surface area contributed by atoms with Crippen LogP contribution in [0.4, 0.5) is 24.7 Å². The highest BCUT2D eigenvalue weighted by Crippen LogP contribution is 2.38. The van der Waals surface area contributed by atoms with Crippen LogP contribution in [0.25, 0.3) is 10.6 Å². The third-order valence-corrected chi connectivity index (χ3v) is 3.36. The Kier molecular flexibility index (Phi) is 3.57. The molecule has 2 rings (SSSR count). The fourth-order valence-electron chi connectivity index (χ4n) is 1.43. The number of anilines is 1. The minimum atomic E-state index is -4.59. The van der Waals surface area contributed by atoms with Gasteiger partial charge in [-0.05, 0) is 6.07 Å². The van der Waals surface area contributed by atoms with Crippen LogP contribution in [0.2, 0.25) is 0 Å². The highest BCUT2D eigenvalue weighted by atomic mass is 32.1. The molecule has 0 aromatic carbocycles. The molecular weight excluding hydrogens is 297 g/mol. The van der Waals surface area contributed by atoms with E-state index in [0.29, 0.717) is 17.2 Å². The van der Waals surface area contributed by atoms with Crippen molar-refractivity contribution in [2.75, 3.05) is 12.4 Å². The number of aromatic nitrogens is 2. The predicted octanol–water partition coefficient (Wildman–Crippen LogP) is 3.17. The third kappa shape index (κ3) is 2.69. The zero-order chi connectivity index (χ0) is 14.9. The van der Waals surface area contributed by atoms with E-state index in [1.54, 1.807) is 7.05 Å². The van der Waals surface area contributed by atoms with E-state index in [-0.39, 0.29) is 16.3 Å². The number of nitro groups is 1. The summed E-state index contributed by atoms with van der Waals surface area (Å²) in [7, 11) is 1.55. The van der Waals surface area contributed by atoms with Crippen LogP contribution in [0.1, 0.15) is 5.01 Å². The largest absolute Gasteiger partial charge is 0.443 e. The number of hydrogen-bond donors (Lipinski definition) is 1. The maximum atomic E-state index is 12.5. The first-order chi connectivity index (χ1) is 9.32. The molecule has 0 aliphatic heterocycles. The summed E-state index contributed by atoms with van der Waals surface area (Å²) in [6.07, 6.45) is -3.65. The fraction of sp³-hybridized carbons (Fsp3) is 0.200. The number of nitrogens with zero attached hydrogens (tertiary/aromatic N) is 3. The summed E-state index contributed by atoms with van der Waals surface area (Å²) in [5.74, 6) is 0.313. The van der Waals surface area contributed by atoms with Crippen molar-refractivity contribution in [2.24, 2.45) is 0 Å². The second-order valence-electron chi connectivity index (χ2n) is 3.60. The predicted molar refractivity (Wildman–Crippen MR) is 66.5 cm³/mol. The molecule has 0 saturated carbocycles. The smallest absolute Gasteiger partial charge is 0.373 e. The fourth-order valence-corrected chi connectivity index (χ4v) is 2.22. The number of rotatable bonds is 3. The van der Waals surface area contributed by atoms with Gasteiger partial charge in [0.05, 0.1) is 9.80 Å². The highest BCUT2D eigenvalue weighted by molar-refractivity contribution is 7.15. The third-order valence-electron chi connectivity index (χ3n) is 2.31. The summed E-state index contributed by atoms with van der Waals surface area (Å²) >= 11 is 0.313. The molecule has 0 amide bonds. The quantitative estimate of drug-likeness (QED) is 0.695. The Balaban J connectivity index is 2.55. The molecule has 10 heteroatoms. The van der Waals surface area contributed by atoms with Gasteiger partial charge >= 0.3 is 6.18 Å². The van der Waals surface area contributed by atoms with E-state index in [9.17, 15) is 23.3 Å². The molecule has 106 valence electrons. The van der Waals surface area contributed by atoms with Gasteiger partial charge in [0.25, 0.3) is 5.69 Å². The van der Waals surface area contributed by atoms with Gasteiger partial charge in [0.2, 0.25) is 0 Å². The SMILES string of the molecule is CNc1ccc([N+](=O)[O-])c(-c2cnc(C(F)(F)F)s2)n1. The highest BCUT2D eigenvalue weighted by Gasteiger charge is 2.35. The minimum Gasteiger partial charge on any atom is -0.373 e. The molecule has 0 atom stereocenters. The summed E-state index contributed by atoms with van der Waals surface area (Å²) in [5.41, 5.74) is -0.517. The van der Waals surface area contributed by atoms with Gasteiger partial charge in [-0.2, -0.15) is 13.2 Å². The average molecular weight is 304 g/mol. The van der Waals surface area contributed by atoms with Gasteiger partial charge in [0, 0.05) is 19.3 Å². The Bertz CT molecular complexity index is 656. The van der Waals surface area contributed by atoms with Crippen molar-refractivity contribution in [1.29, 1.82) is 0 Å². The summed E-state index contributed by atoms with van der Waals surface area (Å²) in [5, 5.41) is 12.5. The maximum absolute atomic E-state index is 12.5. The summed E-state index contributed by atoms with van der Waals surface area (Å²) in [6.45, 7) is 0. The van der Waals surface area contributed by atoms with E-state index >= 15 is 0 Å². The number of hydrogen-bond acceptors (Lipinski definition) is 6. The first-order valence-electron chi connectivity index (χ1n) is 5.19. The van der Waals surface area contributed by atoms with Gasteiger partial charge in [-0.25, -0.2) is 9.97 Å². The van der Waals surface area contributed by atoms with Crippen molar-refractivity contribution in [3.05, 3.63) is 33.5 Å². The van der Waals surface area contributed by atoms with Gasteiger partial charge < -0.3 is 5.32 Å². The number of thiazole rings is 1. The van der Waals surface area contributed by atoms with Crippen molar-refractivity contribution in [3.8, 4) is 10.6 Å². The molecule has 2 aromatic heterocycles. The molecule has 2 heterocycles. The lowest BCUT2D eigenvalue weighted by atomic mass is 10.2. The van der Waals surface area contributed by atoms with Crippen LogP contribution in [-0.2, 0) is 6.18 Å². The molecule has 2 aromatic rings. The molecule has 0 aliphatic rings. The molecule has 0 radical (unpaired) electrons. The van der Waals surface area contributed by atoms with E-state index in [1.807, 2.05) is 0 Å². The topological polar surface area (TPSA) is 81.0 Å². The van der Waals surface area contributed by atoms with E-state index in [0.717, 1.165) is 6.20 Å². The minimum absolute atomic E-state index is 0.0128. The van der Waals surface area contributed by atoms with E-state index in [4.69, 9.17) is 0 Å². The Morgan fingerprint density at radius 3 is 2.60 bits per heavy atom. The summed E-state index contributed by atoms with van der Waals surface area (Å²) < 4.78 is 37.5. The van der Waals surface area contributed by atoms with E-state index < -0.39 is 16.1 Å². The Morgan fingerprint density at radius 2 is 2.10 bits per heavy atom. The Labute approximate surface area is 114 Å². The van der Waals surface area contributed by atoms with E-state index in [2.05, 4.69) is 15.3 Å². The van der Waals surface area contributed by atoms with E-state index in [1.165, 1.54) is 12.1 Å². The molecule has 20 heavy (non-hydrogen) atoms. The molecular formula is C10H7F3N4O2S. The Hall–Kier alpha value is -2.23. The van der Waals surface area contributed by atoms with Crippen LogP contribution in [-0.4, -0.2) is 21.9 Å². The lowest BCUT2D eigenvalue weighted by molar-refractivity contribution is -0.384. The van der Waals surface area contributed by atoms with Crippen molar-refractivity contribution < 1.29 is 18.1 Å². The molecule has 1 N–H and O–H groups in total. The van der Waals surface area contributed by atoms with Crippen molar-refractivity contribution in [3.63, 3.8) is 0 Å². The molecule has 0 fully saturated rings. The second-order valence-corrected chi connectivity index (χ2v) is 4.63. The summed E-state index contributed by atoms with van der Waals surface area (Å²) in [6, 6.07) is 2.55. The zero-order valence-electron chi connectivity index (χ0n) is 9.93. The normalized spacial score (nSPS) is 11.4. The Morgan fingerprint density at radius 1 is 1.40 bits per heavy atom. The van der Waals surface area contributed by atoms with Crippen LogP contribution in [0.5, 0.6) is 0 Å². The first kappa shape index (κ1) is 14.2.